The predicted molar refractivity (Wildman–Crippen MR) is 182 cm³/mol. The number of unbranched alkanes of at least 4 members (excludes halogenated alkanes) is 2. The van der Waals surface area contributed by atoms with Crippen molar-refractivity contribution in [3.63, 3.8) is 0 Å². The molecule has 48 heavy (non-hydrogen) atoms. The Hall–Kier alpha value is -4.47. The number of nitrogen functional groups attached to an aromatic ring is 1. The Bertz CT molecular complexity index is 1710. The van der Waals surface area contributed by atoms with Crippen molar-refractivity contribution in [2.75, 3.05) is 43.1 Å². The van der Waals surface area contributed by atoms with Gasteiger partial charge in [0.05, 0.1) is 42.5 Å². The van der Waals surface area contributed by atoms with Gasteiger partial charge in [-0.3, -0.25) is 14.4 Å². The number of imidazole rings is 1. The van der Waals surface area contributed by atoms with Gasteiger partial charge in [0, 0.05) is 51.3 Å². The molecule has 5 N–H and O–H groups in total. The number of benzene rings is 2. The zero-order chi connectivity index (χ0) is 35.0. The fraction of sp³-hybridized carbons (Fsp3) is 0.455. The van der Waals surface area contributed by atoms with Crippen LogP contribution in [-0.4, -0.2) is 88.9 Å². The number of nitrogens with zero attached hydrogens (tertiary/aromatic N) is 4. The third kappa shape index (κ3) is 9.11. The summed E-state index contributed by atoms with van der Waals surface area (Å²) in [5.41, 5.74) is 7.52. The first-order valence-corrected chi connectivity index (χ1v) is 17.3. The van der Waals surface area contributed by atoms with Gasteiger partial charge >= 0.3 is 0 Å². The molecule has 0 bridgehead atoms. The molecule has 3 atom stereocenters. The number of anilines is 3. The molecular formula is C33H45N7O7S. The fourth-order valence-corrected chi connectivity index (χ4v) is 6.49. The summed E-state index contributed by atoms with van der Waals surface area (Å²) in [4.78, 5) is 44.3. The minimum Gasteiger partial charge on any atom is -0.488 e. The van der Waals surface area contributed by atoms with Crippen LogP contribution in [0.5, 0.6) is 5.75 Å². The van der Waals surface area contributed by atoms with Crippen LogP contribution in [0.3, 0.4) is 0 Å². The van der Waals surface area contributed by atoms with Gasteiger partial charge in [-0.1, -0.05) is 25.5 Å². The minimum atomic E-state index is -3.91. The van der Waals surface area contributed by atoms with E-state index in [1.54, 1.807) is 59.8 Å². The number of aryl methyl sites for hydroxylation is 1. The number of hydrogen-bond acceptors (Lipinski definition) is 9. The van der Waals surface area contributed by atoms with E-state index in [0.29, 0.717) is 42.7 Å². The summed E-state index contributed by atoms with van der Waals surface area (Å²) in [5.74, 6) is -0.835. The topological polar surface area (TPSA) is 189 Å². The van der Waals surface area contributed by atoms with Gasteiger partial charge in [-0.2, -0.15) is 4.31 Å². The van der Waals surface area contributed by atoms with Crippen LogP contribution < -0.4 is 21.1 Å². The van der Waals surface area contributed by atoms with Crippen molar-refractivity contribution in [1.29, 1.82) is 0 Å². The number of carbonyl (C=O) groups is 3. The summed E-state index contributed by atoms with van der Waals surface area (Å²) in [5, 5.41) is 15.5. The molecule has 4 rings (SSSR count). The van der Waals surface area contributed by atoms with Crippen LogP contribution in [0, 0.1) is 5.92 Å². The normalized spacial score (nSPS) is 17.2. The molecule has 0 fully saturated rings. The molecule has 1 aliphatic rings. The lowest BCUT2D eigenvalue weighted by Gasteiger charge is -2.38. The molecule has 3 aromatic rings. The lowest BCUT2D eigenvalue weighted by atomic mass is 9.99. The standard InChI is InChI=1S/C33H45N7O7S/c1-22-17-40(23(2)20-41)33(44)25-16-24(36-30(42)12-6-5-7-13-31(43)37-27-11-9-8-10-26(27)34)14-15-28(25)47-29(22)18-39(4)48(45,46)32-19-38(3)21-35-32/h8-11,14-16,19,21-23,29,41H,5-7,12-13,17-18,20,34H2,1-4H3,(H,36,42)(H,37,43)/t22-,23-,29-/m1/s1. The number of para-hydroxylation sites is 2. The highest BCUT2D eigenvalue weighted by Crippen LogP contribution is 2.31. The van der Waals surface area contributed by atoms with Crippen molar-refractivity contribution in [2.45, 2.75) is 63.1 Å². The Balaban J connectivity index is 1.40. The predicted octanol–water partition coefficient (Wildman–Crippen LogP) is 3.07. The maximum atomic E-state index is 13.7. The lowest BCUT2D eigenvalue weighted by Crippen LogP contribution is -2.50. The van der Waals surface area contributed by atoms with Crippen LogP contribution in [0.15, 0.2) is 60.0 Å². The molecule has 0 spiro atoms. The van der Waals surface area contributed by atoms with E-state index >= 15 is 0 Å². The number of carbonyl (C=O) groups excluding carboxylic acids is 3. The molecule has 260 valence electrons. The number of aliphatic hydroxyl groups is 1. The maximum absolute atomic E-state index is 13.7. The Morgan fingerprint density at radius 1 is 1.12 bits per heavy atom. The summed E-state index contributed by atoms with van der Waals surface area (Å²) >= 11 is 0. The number of fused-ring (bicyclic) bond motifs is 1. The second-order valence-electron chi connectivity index (χ2n) is 12.2. The van der Waals surface area contributed by atoms with E-state index in [1.165, 1.54) is 29.9 Å². The number of aromatic nitrogens is 2. The van der Waals surface area contributed by atoms with E-state index < -0.39 is 22.2 Å². The van der Waals surface area contributed by atoms with Crippen LogP contribution in [-0.2, 0) is 26.7 Å². The largest absolute Gasteiger partial charge is 0.488 e. The van der Waals surface area contributed by atoms with E-state index in [9.17, 15) is 27.9 Å². The SMILES string of the molecule is C[C@@H]1CN([C@H](C)CO)C(=O)c2cc(NC(=O)CCCCCC(=O)Nc3ccccc3N)ccc2O[C@@H]1CN(C)S(=O)(=O)c1cn(C)cn1. The van der Waals surface area contributed by atoms with Crippen LogP contribution in [0.4, 0.5) is 17.1 Å². The number of aliphatic hydroxyl groups excluding tert-OH is 1. The van der Waals surface area contributed by atoms with Gasteiger partial charge in [0.2, 0.25) is 11.8 Å². The van der Waals surface area contributed by atoms with Gasteiger partial charge in [0.1, 0.15) is 11.9 Å². The van der Waals surface area contributed by atoms with E-state index in [1.807, 2.05) is 6.92 Å². The summed E-state index contributed by atoms with van der Waals surface area (Å²) in [7, 11) is -0.773. The monoisotopic (exact) mass is 683 g/mol. The Morgan fingerprint density at radius 2 is 1.81 bits per heavy atom. The molecule has 14 nitrogen and oxygen atoms in total. The maximum Gasteiger partial charge on any atom is 0.261 e. The smallest absolute Gasteiger partial charge is 0.261 e. The van der Waals surface area contributed by atoms with E-state index in [4.69, 9.17) is 10.5 Å². The second-order valence-corrected chi connectivity index (χ2v) is 14.2. The molecule has 0 saturated heterocycles. The summed E-state index contributed by atoms with van der Waals surface area (Å²) in [6.07, 6.45) is 4.54. The van der Waals surface area contributed by atoms with Crippen molar-refractivity contribution in [3.8, 4) is 5.75 Å². The first-order valence-electron chi connectivity index (χ1n) is 15.9. The van der Waals surface area contributed by atoms with E-state index in [2.05, 4.69) is 15.6 Å². The number of rotatable bonds is 14. The number of ether oxygens (including phenoxy) is 1. The quantitative estimate of drug-likeness (QED) is 0.146. The highest BCUT2D eigenvalue weighted by atomic mass is 32.2. The van der Waals surface area contributed by atoms with Gasteiger partial charge in [0.15, 0.2) is 5.03 Å². The van der Waals surface area contributed by atoms with Gasteiger partial charge < -0.3 is 35.7 Å². The van der Waals surface area contributed by atoms with Crippen molar-refractivity contribution in [2.24, 2.45) is 13.0 Å². The molecule has 3 amide bonds. The Kier molecular flexibility index (Phi) is 12.2. The molecule has 2 aromatic carbocycles. The van der Waals surface area contributed by atoms with Gasteiger partial charge in [-0.15, -0.1) is 0 Å². The van der Waals surface area contributed by atoms with Crippen molar-refractivity contribution < 1.29 is 32.6 Å². The van der Waals surface area contributed by atoms with Crippen LogP contribution in [0.2, 0.25) is 0 Å². The van der Waals surface area contributed by atoms with Crippen molar-refractivity contribution in [1.82, 2.24) is 18.8 Å². The lowest BCUT2D eigenvalue weighted by molar-refractivity contribution is -0.116. The number of hydrogen-bond donors (Lipinski definition) is 4. The molecule has 0 aliphatic carbocycles. The molecular weight excluding hydrogens is 638 g/mol. The highest BCUT2D eigenvalue weighted by molar-refractivity contribution is 7.89. The van der Waals surface area contributed by atoms with Crippen molar-refractivity contribution in [3.05, 3.63) is 60.6 Å². The van der Waals surface area contributed by atoms with Crippen LogP contribution >= 0.6 is 0 Å². The number of nitrogens with two attached hydrogens (primary N) is 1. The summed E-state index contributed by atoms with van der Waals surface area (Å²) < 4.78 is 35.4. The van der Waals surface area contributed by atoms with E-state index in [-0.39, 0.29) is 66.1 Å². The van der Waals surface area contributed by atoms with Gasteiger partial charge in [-0.05, 0) is 50.1 Å². The third-order valence-electron chi connectivity index (χ3n) is 8.28. The fourth-order valence-electron chi connectivity index (χ4n) is 5.35. The molecule has 15 heteroatoms. The van der Waals surface area contributed by atoms with Crippen LogP contribution in [0.1, 0.15) is 56.3 Å². The van der Waals surface area contributed by atoms with Gasteiger partial charge in [0.25, 0.3) is 15.9 Å². The molecule has 0 radical (unpaired) electrons. The number of nitrogens with one attached hydrogen (secondary N) is 2. The zero-order valence-corrected chi connectivity index (χ0v) is 28.6. The number of amides is 3. The van der Waals surface area contributed by atoms with Crippen LogP contribution in [0.25, 0.3) is 0 Å². The first kappa shape index (κ1) is 36.4. The molecule has 1 aromatic heterocycles. The third-order valence-corrected chi connectivity index (χ3v) is 9.99. The Labute approximate surface area is 281 Å². The summed E-state index contributed by atoms with van der Waals surface area (Å²) in [6, 6.07) is 11.3. The number of sulfonamides is 1. The highest BCUT2D eigenvalue weighted by Gasteiger charge is 2.35. The minimum absolute atomic E-state index is 0.0183. The van der Waals surface area contributed by atoms with Gasteiger partial charge in [-0.25, -0.2) is 13.4 Å². The average Bonchev–Trinajstić information content (AvgIpc) is 3.50. The molecule has 2 heterocycles. The second kappa shape index (κ2) is 16.1. The number of likely N-dealkylation sites (N-methyl/N-ethyl adjacent to an activating group) is 1. The zero-order valence-electron chi connectivity index (χ0n) is 27.8. The van der Waals surface area contributed by atoms with Crippen molar-refractivity contribution >= 4 is 44.8 Å². The molecule has 1 aliphatic heterocycles. The average molecular weight is 684 g/mol. The Morgan fingerprint density at radius 3 is 2.46 bits per heavy atom. The molecule has 0 unspecified atom stereocenters. The summed E-state index contributed by atoms with van der Waals surface area (Å²) in [6.45, 7) is 3.50. The molecule has 0 saturated carbocycles. The van der Waals surface area contributed by atoms with E-state index in [0.717, 1.165) is 0 Å². The first-order chi connectivity index (χ1) is 22.8.